The van der Waals surface area contributed by atoms with Crippen LogP contribution < -0.4 is 16.2 Å². The number of rotatable bonds is 3. The Bertz CT molecular complexity index is 1700. The number of fused-ring (bicyclic) bond motifs is 2. The monoisotopic (exact) mass is 508 g/mol. The van der Waals surface area contributed by atoms with Crippen molar-refractivity contribution in [3.05, 3.63) is 82.7 Å². The van der Waals surface area contributed by atoms with Crippen LogP contribution in [-0.2, 0) is 6.18 Å². The summed E-state index contributed by atoms with van der Waals surface area (Å²) >= 11 is 0. The molecule has 0 spiro atoms. The second kappa shape index (κ2) is 8.27. The Kier molecular flexibility index (Phi) is 5.12. The number of nitrogens with two attached hydrogens (primary N) is 1. The molecule has 5 aromatic rings. The highest BCUT2D eigenvalue weighted by molar-refractivity contribution is 5.82. The van der Waals surface area contributed by atoms with Gasteiger partial charge < -0.3 is 15.7 Å². The molecule has 0 amide bonds. The Labute approximate surface area is 206 Å². The van der Waals surface area contributed by atoms with Crippen molar-refractivity contribution in [3.8, 4) is 5.69 Å². The summed E-state index contributed by atoms with van der Waals surface area (Å²) < 4.78 is 44.2. The van der Waals surface area contributed by atoms with E-state index in [0.717, 1.165) is 6.07 Å². The van der Waals surface area contributed by atoms with E-state index in [-0.39, 0.29) is 30.3 Å². The number of aromatic nitrogens is 6. The van der Waals surface area contributed by atoms with E-state index < -0.39 is 34.8 Å². The number of nitrogens with zero attached hydrogens (tertiary/aromatic N) is 7. The van der Waals surface area contributed by atoms with Crippen LogP contribution in [0.1, 0.15) is 23.9 Å². The lowest BCUT2D eigenvalue weighted by Gasteiger charge is -2.27. The zero-order chi connectivity index (χ0) is 25.9. The van der Waals surface area contributed by atoms with Gasteiger partial charge in [0.05, 0.1) is 34.3 Å². The van der Waals surface area contributed by atoms with Gasteiger partial charge in [-0.15, -0.1) is 5.10 Å². The van der Waals surface area contributed by atoms with Crippen molar-refractivity contribution >= 4 is 28.3 Å². The van der Waals surface area contributed by atoms with E-state index in [1.807, 2.05) is 0 Å². The van der Waals surface area contributed by atoms with Crippen LogP contribution in [0.15, 0.2) is 65.7 Å². The van der Waals surface area contributed by atoms with Crippen molar-refractivity contribution in [3.63, 3.8) is 0 Å². The fraction of sp³-hybridized carbons (Fsp3) is 0.208. The number of anilines is 2. The van der Waals surface area contributed by atoms with Gasteiger partial charge in [-0.05, 0) is 24.3 Å². The Morgan fingerprint density at radius 1 is 1.05 bits per heavy atom. The molecule has 10 nitrogen and oxygen atoms in total. The van der Waals surface area contributed by atoms with Crippen LogP contribution in [0.2, 0.25) is 0 Å². The van der Waals surface area contributed by atoms with Crippen molar-refractivity contribution in [2.45, 2.75) is 24.7 Å². The SMILES string of the molecule is Nc1nc(N2C[C@@H](O)C[C@H]2c2nc3cccc(C(F)(F)F)c3c(=O)n2-c2ccccc2)c2nccn2n1. The van der Waals surface area contributed by atoms with Gasteiger partial charge in [-0.25, -0.2) is 14.5 Å². The third kappa shape index (κ3) is 3.74. The Balaban J connectivity index is 1.65. The molecule has 1 fully saturated rings. The standard InChI is InChI=1S/C24H19F3N8O2/c25-24(26,27)15-7-4-8-16-18(15)22(37)35(13-5-2-1-3-6-13)19(30-16)17-11-14(36)12-33(17)21-20-29-9-10-34(20)32-23(28)31-21/h1-10,14,17,36H,11-12H2,(H2,28,32)/t14-,17-/m0/s1. The summed E-state index contributed by atoms with van der Waals surface area (Å²) in [6, 6.07) is 11.0. The summed E-state index contributed by atoms with van der Waals surface area (Å²) in [6.07, 6.45) is -2.35. The van der Waals surface area contributed by atoms with Gasteiger partial charge in [0.1, 0.15) is 5.82 Å². The lowest BCUT2D eigenvalue weighted by Crippen LogP contribution is -2.33. The first kappa shape index (κ1) is 22.9. The summed E-state index contributed by atoms with van der Waals surface area (Å²) in [5.74, 6) is 0.417. The highest BCUT2D eigenvalue weighted by Gasteiger charge is 2.39. The highest BCUT2D eigenvalue weighted by atomic mass is 19.4. The molecule has 0 bridgehead atoms. The molecule has 2 atom stereocenters. The quantitative estimate of drug-likeness (QED) is 0.381. The lowest BCUT2D eigenvalue weighted by atomic mass is 10.1. The number of benzene rings is 2. The third-order valence-electron chi connectivity index (χ3n) is 6.34. The highest BCUT2D eigenvalue weighted by Crippen LogP contribution is 2.38. The molecule has 13 heteroatoms. The summed E-state index contributed by atoms with van der Waals surface area (Å²) in [6.45, 7) is 0.106. The number of aliphatic hydroxyl groups is 1. The van der Waals surface area contributed by atoms with E-state index in [1.54, 1.807) is 41.4 Å². The van der Waals surface area contributed by atoms with Crippen LogP contribution in [0.4, 0.5) is 24.9 Å². The summed E-state index contributed by atoms with van der Waals surface area (Å²) in [5, 5.41) is 14.2. The minimum atomic E-state index is -4.75. The second-order valence-electron chi connectivity index (χ2n) is 8.69. The first-order valence-corrected chi connectivity index (χ1v) is 11.3. The van der Waals surface area contributed by atoms with Crippen LogP contribution >= 0.6 is 0 Å². The molecule has 0 aliphatic carbocycles. The van der Waals surface area contributed by atoms with Gasteiger partial charge in [-0.1, -0.05) is 24.3 Å². The minimum Gasteiger partial charge on any atom is -0.391 e. The maximum absolute atomic E-state index is 13.9. The van der Waals surface area contributed by atoms with E-state index in [9.17, 15) is 23.1 Å². The third-order valence-corrected chi connectivity index (χ3v) is 6.34. The smallest absolute Gasteiger partial charge is 0.391 e. The molecule has 0 radical (unpaired) electrons. The largest absolute Gasteiger partial charge is 0.417 e. The van der Waals surface area contributed by atoms with Crippen molar-refractivity contribution in [1.82, 2.24) is 29.1 Å². The van der Waals surface area contributed by atoms with Gasteiger partial charge in [-0.2, -0.15) is 18.2 Å². The molecule has 3 aromatic heterocycles. The Morgan fingerprint density at radius 3 is 2.59 bits per heavy atom. The van der Waals surface area contributed by atoms with Gasteiger partial charge in [0.25, 0.3) is 5.56 Å². The molecule has 1 saturated heterocycles. The molecule has 6 rings (SSSR count). The van der Waals surface area contributed by atoms with Crippen molar-refractivity contribution < 1.29 is 18.3 Å². The molecule has 1 aliphatic heterocycles. The van der Waals surface area contributed by atoms with Gasteiger partial charge in [0, 0.05) is 25.4 Å². The molecule has 37 heavy (non-hydrogen) atoms. The van der Waals surface area contributed by atoms with Crippen LogP contribution in [0.5, 0.6) is 0 Å². The number of alkyl halides is 3. The van der Waals surface area contributed by atoms with E-state index in [1.165, 1.54) is 27.4 Å². The molecule has 4 heterocycles. The number of nitrogen functional groups attached to an aromatic ring is 1. The minimum absolute atomic E-state index is 0.0395. The van der Waals surface area contributed by atoms with E-state index in [0.29, 0.717) is 17.2 Å². The van der Waals surface area contributed by atoms with Gasteiger partial charge in [-0.3, -0.25) is 9.36 Å². The maximum Gasteiger partial charge on any atom is 0.417 e. The molecular weight excluding hydrogens is 489 g/mol. The number of aliphatic hydroxyl groups excluding tert-OH is 1. The number of para-hydroxylation sites is 1. The van der Waals surface area contributed by atoms with Crippen molar-refractivity contribution in [2.75, 3.05) is 17.2 Å². The normalized spacial score (nSPS) is 18.2. The number of imidazole rings is 1. The summed E-state index contributed by atoms with van der Waals surface area (Å²) in [5.41, 5.74) is 4.58. The van der Waals surface area contributed by atoms with E-state index >= 15 is 0 Å². The average molecular weight is 508 g/mol. The summed E-state index contributed by atoms with van der Waals surface area (Å²) in [4.78, 5) is 28.7. The molecule has 188 valence electrons. The second-order valence-corrected chi connectivity index (χ2v) is 8.69. The van der Waals surface area contributed by atoms with E-state index in [2.05, 4.69) is 20.1 Å². The zero-order valence-electron chi connectivity index (χ0n) is 19.0. The van der Waals surface area contributed by atoms with Gasteiger partial charge in [0.2, 0.25) is 5.95 Å². The van der Waals surface area contributed by atoms with Crippen LogP contribution in [-0.4, -0.2) is 46.9 Å². The molecule has 1 aliphatic rings. The fourth-order valence-corrected chi connectivity index (χ4v) is 4.85. The van der Waals surface area contributed by atoms with Crippen LogP contribution in [0.25, 0.3) is 22.2 Å². The average Bonchev–Trinajstić information content (AvgIpc) is 3.49. The lowest BCUT2D eigenvalue weighted by molar-refractivity contribution is -0.136. The van der Waals surface area contributed by atoms with Crippen LogP contribution in [0, 0.1) is 0 Å². The molecule has 0 unspecified atom stereocenters. The molecule has 3 N–H and O–H groups in total. The predicted molar refractivity (Wildman–Crippen MR) is 128 cm³/mol. The predicted octanol–water partition coefficient (Wildman–Crippen LogP) is 2.74. The van der Waals surface area contributed by atoms with E-state index in [4.69, 9.17) is 5.73 Å². The fourth-order valence-electron chi connectivity index (χ4n) is 4.85. The summed E-state index contributed by atoms with van der Waals surface area (Å²) in [7, 11) is 0. The first-order valence-electron chi connectivity index (χ1n) is 11.3. The number of hydrogen-bond acceptors (Lipinski definition) is 8. The first-order chi connectivity index (χ1) is 17.7. The van der Waals surface area contributed by atoms with Crippen molar-refractivity contribution in [1.29, 1.82) is 0 Å². The Morgan fingerprint density at radius 2 is 1.84 bits per heavy atom. The molecule has 2 aromatic carbocycles. The Hall–Kier alpha value is -4.52. The van der Waals surface area contributed by atoms with Gasteiger partial charge >= 0.3 is 6.18 Å². The van der Waals surface area contributed by atoms with Crippen molar-refractivity contribution in [2.24, 2.45) is 0 Å². The number of β-amino-alcohol motifs (C(OH)–C–C–N with tert-alkyl or cyclic N) is 1. The topological polar surface area (TPSA) is 127 Å². The number of hydrogen-bond donors (Lipinski definition) is 2. The van der Waals surface area contributed by atoms with Gasteiger partial charge in [0.15, 0.2) is 11.5 Å². The maximum atomic E-state index is 13.9. The zero-order valence-corrected chi connectivity index (χ0v) is 19.0. The number of halogens is 3. The van der Waals surface area contributed by atoms with Crippen LogP contribution in [0.3, 0.4) is 0 Å². The molecule has 0 saturated carbocycles. The molecular formula is C24H19F3N8O2.